The highest BCUT2D eigenvalue weighted by Gasteiger charge is 2.34. The average molecular weight is 518 g/mol. The molecule has 5 nitrogen and oxygen atoms in total. The number of halogens is 3. The van der Waals surface area contributed by atoms with Gasteiger partial charge in [-0.1, -0.05) is 54.6 Å². The third-order valence-corrected chi connectivity index (χ3v) is 5.74. The van der Waals surface area contributed by atoms with E-state index in [0.29, 0.717) is 11.3 Å². The van der Waals surface area contributed by atoms with E-state index in [1.54, 1.807) is 45.0 Å². The zero-order valence-electron chi connectivity index (χ0n) is 20.0. The van der Waals surface area contributed by atoms with Crippen LogP contribution in [-0.4, -0.2) is 34.8 Å². The van der Waals surface area contributed by atoms with E-state index in [1.165, 1.54) is 11.0 Å². The number of fused-ring (bicyclic) bond motifs is 2. The van der Waals surface area contributed by atoms with E-state index in [1.807, 2.05) is 42.5 Å². The fraction of sp³-hybridized carbons (Fsp3) is 0.296. The number of carbonyl (C=O) groups is 1. The van der Waals surface area contributed by atoms with Crippen LogP contribution in [0.3, 0.4) is 0 Å². The van der Waals surface area contributed by atoms with E-state index in [9.17, 15) is 18.0 Å². The number of ether oxygens (including phenoxy) is 2. The Labute approximate surface area is 212 Å². The summed E-state index contributed by atoms with van der Waals surface area (Å²) in [6, 6.07) is 20.3. The molecule has 1 atom stereocenters. The third-order valence-electron chi connectivity index (χ3n) is 5.29. The van der Waals surface area contributed by atoms with Gasteiger partial charge in [-0.15, -0.1) is 0 Å². The van der Waals surface area contributed by atoms with Gasteiger partial charge in [0.05, 0.1) is 12.1 Å². The van der Waals surface area contributed by atoms with Crippen LogP contribution in [0.5, 0.6) is 5.75 Å². The van der Waals surface area contributed by atoms with Gasteiger partial charge >= 0.3 is 11.6 Å². The number of hydrogen-bond donors (Lipinski definition) is 0. The normalized spacial score (nSPS) is 15.5. The van der Waals surface area contributed by atoms with Crippen LogP contribution < -0.4 is 4.74 Å². The molecule has 1 heterocycles. The van der Waals surface area contributed by atoms with Crippen molar-refractivity contribution in [3.63, 3.8) is 0 Å². The third kappa shape index (κ3) is 6.66. The highest BCUT2D eigenvalue weighted by atomic mass is 32.2. The number of benzene rings is 3. The second-order valence-corrected chi connectivity index (χ2v) is 10.1. The lowest BCUT2D eigenvalue weighted by molar-refractivity contribution is -0.0376. The van der Waals surface area contributed by atoms with E-state index < -0.39 is 35.3 Å². The van der Waals surface area contributed by atoms with Crippen molar-refractivity contribution in [3.05, 3.63) is 83.9 Å². The fourth-order valence-corrected chi connectivity index (χ4v) is 4.20. The van der Waals surface area contributed by atoms with Crippen molar-refractivity contribution in [1.29, 1.82) is 0 Å². The Hall–Kier alpha value is -3.33. The molecule has 0 fully saturated rings. The average Bonchev–Trinajstić information content (AvgIpc) is 2.80. The Bertz CT molecular complexity index is 1260. The van der Waals surface area contributed by atoms with Gasteiger partial charge < -0.3 is 13.7 Å². The van der Waals surface area contributed by atoms with Gasteiger partial charge in [0.15, 0.2) is 12.0 Å². The standard InChI is InChI=1S/C27H26F3NO4S/c1-26(2,3)34-25(32)31(16-19-11-8-10-18-9-4-5-12-21(18)19)17-20-15-24(35-36-27(28,29)30)22-13-6-7-14-23(22)33-20/h4-15,20H,16-17H2,1-3H3. The summed E-state index contributed by atoms with van der Waals surface area (Å²) >= 11 is -0.586. The van der Waals surface area contributed by atoms with Crippen LogP contribution >= 0.6 is 12.0 Å². The molecule has 36 heavy (non-hydrogen) atoms. The highest BCUT2D eigenvalue weighted by Crippen LogP contribution is 2.40. The van der Waals surface area contributed by atoms with Gasteiger partial charge in [0.25, 0.3) is 0 Å². The van der Waals surface area contributed by atoms with Gasteiger partial charge in [-0.3, -0.25) is 4.90 Å². The molecule has 0 saturated heterocycles. The molecule has 0 radical (unpaired) electrons. The summed E-state index contributed by atoms with van der Waals surface area (Å²) < 4.78 is 55.2. The first-order valence-electron chi connectivity index (χ1n) is 11.3. The fourth-order valence-electron chi connectivity index (χ4n) is 3.87. The van der Waals surface area contributed by atoms with E-state index in [-0.39, 0.29) is 18.8 Å². The molecular weight excluding hydrogens is 491 g/mol. The zero-order valence-corrected chi connectivity index (χ0v) is 20.9. The quantitative estimate of drug-likeness (QED) is 0.316. The summed E-state index contributed by atoms with van der Waals surface area (Å²) in [5.74, 6) is 0.399. The number of para-hydroxylation sites is 1. The van der Waals surface area contributed by atoms with Crippen LogP contribution in [0, 0.1) is 0 Å². The summed E-state index contributed by atoms with van der Waals surface area (Å²) in [5.41, 5.74) is -3.99. The number of hydrogen-bond acceptors (Lipinski definition) is 5. The predicted octanol–water partition coefficient (Wildman–Crippen LogP) is 7.56. The minimum atomic E-state index is -4.57. The van der Waals surface area contributed by atoms with Crippen molar-refractivity contribution in [1.82, 2.24) is 4.90 Å². The van der Waals surface area contributed by atoms with Crippen LogP contribution in [0.4, 0.5) is 18.0 Å². The van der Waals surface area contributed by atoms with Crippen molar-refractivity contribution >= 4 is 34.7 Å². The largest absolute Gasteiger partial charge is 0.484 e. The summed E-state index contributed by atoms with van der Waals surface area (Å²) in [5, 5.41) is 2.02. The van der Waals surface area contributed by atoms with E-state index in [0.717, 1.165) is 16.3 Å². The molecule has 1 aliphatic rings. The van der Waals surface area contributed by atoms with Crippen LogP contribution in [-0.2, 0) is 15.5 Å². The molecule has 1 amide bonds. The molecule has 9 heteroatoms. The maximum Gasteiger partial charge on any atom is 0.479 e. The molecule has 1 aliphatic heterocycles. The molecular formula is C27H26F3NO4S. The van der Waals surface area contributed by atoms with Crippen molar-refractivity contribution in [2.24, 2.45) is 0 Å². The first-order valence-corrected chi connectivity index (χ1v) is 12.1. The van der Waals surface area contributed by atoms with E-state index in [4.69, 9.17) is 13.7 Å². The van der Waals surface area contributed by atoms with Crippen LogP contribution in [0.15, 0.2) is 72.8 Å². The number of rotatable bonds is 6. The summed E-state index contributed by atoms with van der Waals surface area (Å²) in [7, 11) is 0. The van der Waals surface area contributed by atoms with Gasteiger partial charge in [-0.05, 0) is 49.2 Å². The Kier molecular flexibility index (Phi) is 7.40. The Balaban J connectivity index is 1.64. The smallest absolute Gasteiger partial charge is 0.479 e. The Morgan fingerprint density at radius 2 is 1.69 bits per heavy atom. The van der Waals surface area contributed by atoms with Gasteiger partial charge in [-0.25, -0.2) is 4.79 Å². The lowest BCUT2D eigenvalue weighted by Crippen LogP contribution is -2.42. The molecule has 190 valence electrons. The van der Waals surface area contributed by atoms with Gasteiger partial charge in [-0.2, -0.15) is 13.2 Å². The molecule has 3 aromatic rings. The number of nitrogens with zero attached hydrogens (tertiary/aromatic N) is 1. The molecule has 3 aromatic carbocycles. The van der Waals surface area contributed by atoms with E-state index >= 15 is 0 Å². The zero-order chi connectivity index (χ0) is 25.9. The maximum atomic E-state index is 13.2. The number of carbonyl (C=O) groups excluding carboxylic acids is 1. The molecule has 1 unspecified atom stereocenters. The first-order chi connectivity index (χ1) is 17.0. The van der Waals surface area contributed by atoms with Crippen molar-refractivity contribution < 1.29 is 31.6 Å². The summed E-state index contributed by atoms with van der Waals surface area (Å²) in [4.78, 5) is 14.7. The van der Waals surface area contributed by atoms with E-state index in [2.05, 4.69) is 0 Å². The SMILES string of the molecule is CC(C)(C)OC(=O)N(Cc1cccc2ccccc12)CC1C=C(OSC(F)(F)F)c2ccccc2O1. The van der Waals surface area contributed by atoms with Crippen molar-refractivity contribution in [2.75, 3.05) is 6.54 Å². The highest BCUT2D eigenvalue weighted by molar-refractivity contribution is 7.95. The number of amides is 1. The molecule has 4 rings (SSSR count). The number of alkyl halides is 3. The summed E-state index contributed by atoms with van der Waals surface area (Å²) in [6.07, 6.45) is 0.145. The minimum Gasteiger partial charge on any atom is -0.484 e. The second-order valence-electron chi connectivity index (χ2n) is 9.29. The van der Waals surface area contributed by atoms with Gasteiger partial charge in [0.1, 0.15) is 23.2 Å². The van der Waals surface area contributed by atoms with Gasteiger partial charge in [0, 0.05) is 12.6 Å². The molecule has 0 aliphatic carbocycles. The van der Waals surface area contributed by atoms with Crippen molar-refractivity contribution in [3.8, 4) is 5.75 Å². The summed E-state index contributed by atoms with van der Waals surface area (Å²) in [6.45, 7) is 5.58. The van der Waals surface area contributed by atoms with Crippen LogP contribution in [0.2, 0.25) is 0 Å². The Morgan fingerprint density at radius 3 is 2.44 bits per heavy atom. The molecule has 0 bridgehead atoms. The second kappa shape index (κ2) is 10.3. The molecule has 0 N–H and O–H groups in total. The predicted molar refractivity (Wildman–Crippen MR) is 134 cm³/mol. The van der Waals surface area contributed by atoms with Crippen LogP contribution in [0.1, 0.15) is 31.9 Å². The first kappa shape index (κ1) is 25.8. The lowest BCUT2D eigenvalue weighted by Gasteiger charge is -2.32. The monoisotopic (exact) mass is 517 g/mol. The molecule has 0 aromatic heterocycles. The molecule has 0 spiro atoms. The van der Waals surface area contributed by atoms with Gasteiger partial charge in [0.2, 0.25) is 0 Å². The topological polar surface area (TPSA) is 48.0 Å². The molecule has 0 saturated carbocycles. The lowest BCUT2D eigenvalue weighted by atomic mass is 10.0. The maximum absolute atomic E-state index is 13.2. The Morgan fingerprint density at radius 1 is 1.00 bits per heavy atom. The minimum absolute atomic E-state index is 0.0264. The van der Waals surface area contributed by atoms with Crippen molar-refractivity contribution in [2.45, 2.75) is 44.5 Å². The van der Waals surface area contributed by atoms with Crippen LogP contribution in [0.25, 0.3) is 16.5 Å².